The van der Waals surface area contributed by atoms with Gasteiger partial charge in [0.1, 0.15) is 6.54 Å². The summed E-state index contributed by atoms with van der Waals surface area (Å²) in [6, 6.07) is 12.3. The lowest BCUT2D eigenvalue weighted by atomic mass is 10.2. The number of ether oxygens (including phenoxy) is 1. The van der Waals surface area contributed by atoms with E-state index in [2.05, 4.69) is 18.3 Å². The molecule has 8 nitrogen and oxygen atoms in total. The average Bonchev–Trinajstić information content (AvgIpc) is 3.20. The fraction of sp³-hybridized carbons (Fsp3) is 0.458. The van der Waals surface area contributed by atoms with Crippen molar-refractivity contribution in [3.05, 3.63) is 53.9 Å². The number of nitrogens with one attached hydrogen (secondary N) is 1. The fourth-order valence-corrected chi connectivity index (χ4v) is 3.24. The Morgan fingerprint density at radius 3 is 2.44 bits per heavy atom. The number of methoxy groups -OCH3 is 1. The number of aryl methyl sites for hydroxylation is 1. The highest BCUT2D eigenvalue weighted by atomic mass is 16.5. The molecule has 1 aromatic carbocycles. The number of carbonyl (C=O) groups is 2. The number of rotatable bonds is 12. The first-order chi connectivity index (χ1) is 15.5. The van der Waals surface area contributed by atoms with Gasteiger partial charge in [0.15, 0.2) is 0 Å². The summed E-state index contributed by atoms with van der Waals surface area (Å²) < 4.78 is 7.12. The molecule has 2 rings (SSSR count). The number of hydrogen-bond acceptors (Lipinski definition) is 4. The third-order valence-corrected chi connectivity index (χ3v) is 5.19. The molecular formula is C24H33N5O3. The zero-order valence-corrected chi connectivity index (χ0v) is 19.2. The molecule has 0 atom stereocenters. The fourth-order valence-electron chi connectivity index (χ4n) is 3.24. The molecule has 1 N–H and O–H groups in total. The average molecular weight is 440 g/mol. The monoisotopic (exact) mass is 439 g/mol. The molecule has 1 heterocycles. The number of nitriles is 1. The minimum atomic E-state index is -0.353. The van der Waals surface area contributed by atoms with Crippen molar-refractivity contribution >= 4 is 17.6 Å². The normalized spacial score (nSPS) is 10.4. The maximum atomic E-state index is 13.2. The summed E-state index contributed by atoms with van der Waals surface area (Å²) in [6.07, 6.45) is 4.46. The number of aromatic nitrogens is 1. The van der Waals surface area contributed by atoms with Gasteiger partial charge < -0.3 is 24.4 Å². The Hall–Kier alpha value is -3.31. The van der Waals surface area contributed by atoms with Crippen LogP contribution in [0.3, 0.4) is 0 Å². The van der Waals surface area contributed by atoms with E-state index in [-0.39, 0.29) is 18.5 Å². The number of nitrogens with zero attached hydrogens (tertiary/aromatic N) is 4. The Balaban J connectivity index is 2.10. The van der Waals surface area contributed by atoms with E-state index < -0.39 is 0 Å². The summed E-state index contributed by atoms with van der Waals surface area (Å²) in [6.45, 7) is 4.12. The van der Waals surface area contributed by atoms with Gasteiger partial charge >= 0.3 is 6.03 Å². The quantitative estimate of drug-likeness (QED) is 0.512. The SMILES string of the molecule is CCCCN(Cc1cccn1C)C(=O)CN(CCCOC)C(=O)Nc1ccc(C#N)cc1. The molecule has 172 valence electrons. The van der Waals surface area contributed by atoms with Crippen LogP contribution >= 0.6 is 0 Å². The van der Waals surface area contributed by atoms with Crippen LogP contribution in [0.1, 0.15) is 37.4 Å². The number of urea groups is 1. The van der Waals surface area contributed by atoms with Crippen LogP contribution in [-0.4, -0.2) is 59.7 Å². The van der Waals surface area contributed by atoms with Gasteiger partial charge in [-0.2, -0.15) is 5.26 Å². The maximum Gasteiger partial charge on any atom is 0.322 e. The Kier molecular flexibility index (Phi) is 10.3. The molecule has 0 spiro atoms. The van der Waals surface area contributed by atoms with Gasteiger partial charge in [0.2, 0.25) is 5.91 Å². The lowest BCUT2D eigenvalue weighted by Crippen LogP contribution is -2.45. The molecule has 0 saturated carbocycles. The number of hydrogen-bond donors (Lipinski definition) is 1. The molecule has 0 aliphatic rings. The number of amides is 3. The molecule has 0 saturated heterocycles. The number of unbranched alkanes of at least 4 members (excludes halogenated alkanes) is 1. The van der Waals surface area contributed by atoms with Crippen LogP contribution in [0.4, 0.5) is 10.5 Å². The minimum absolute atomic E-state index is 0.0139. The lowest BCUT2D eigenvalue weighted by Gasteiger charge is -2.28. The Bertz CT molecular complexity index is 901. The maximum absolute atomic E-state index is 13.2. The first-order valence-corrected chi connectivity index (χ1v) is 10.9. The van der Waals surface area contributed by atoms with Crippen molar-refractivity contribution in [2.45, 2.75) is 32.7 Å². The largest absolute Gasteiger partial charge is 0.385 e. The molecule has 2 aromatic rings. The highest BCUT2D eigenvalue weighted by Crippen LogP contribution is 2.12. The van der Waals surface area contributed by atoms with Gasteiger partial charge in [-0.3, -0.25) is 4.79 Å². The van der Waals surface area contributed by atoms with Gasteiger partial charge in [-0.1, -0.05) is 13.3 Å². The van der Waals surface area contributed by atoms with Gasteiger partial charge in [-0.15, -0.1) is 0 Å². The summed E-state index contributed by atoms with van der Waals surface area (Å²) in [5, 5.41) is 11.8. The standard InChI is InChI=1S/C24H33N5O3/c1-4-5-14-28(18-22-8-6-13-27(22)2)23(30)19-29(15-7-16-32-3)24(31)26-21-11-9-20(17-25)10-12-21/h6,8-13H,4-5,7,14-16,18-19H2,1-3H3,(H,26,31). The van der Waals surface area contributed by atoms with Crippen LogP contribution in [0.5, 0.6) is 0 Å². The third-order valence-electron chi connectivity index (χ3n) is 5.19. The van der Waals surface area contributed by atoms with E-state index in [1.165, 1.54) is 4.90 Å². The van der Waals surface area contributed by atoms with Crippen LogP contribution in [0.15, 0.2) is 42.6 Å². The summed E-state index contributed by atoms with van der Waals surface area (Å²) in [5.41, 5.74) is 2.13. The predicted octanol–water partition coefficient (Wildman–Crippen LogP) is 3.60. The second kappa shape index (κ2) is 13.2. The topological polar surface area (TPSA) is 90.6 Å². The predicted molar refractivity (Wildman–Crippen MR) is 124 cm³/mol. The van der Waals surface area contributed by atoms with Gasteiger partial charge in [0.05, 0.1) is 18.2 Å². The highest BCUT2D eigenvalue weighted by molar-refractivity contribution is 5.92. The van der Waals surface area contributed by atoms with Gasteiger partial charge in [0.25, 0.3) is 0 Å². The molecule has 0 fully saturated rings. The van der Waals surface area contributed by atoms with Crippen molar-refractivity contribution in [2.75, 3.05) is 38.7 Å². The summed E-state index contributed by atoms with van der Waals surface area (Å²) >= 11 is 0. The van der Waals surface area contributed by atoms with Crippen LogP contribution in [0.2, 0.25) is 0 Å². The van der Waals surface area contributed by atoms with Crippen molar-refractivity contribution in [3.8, 4) is 6.07 Å². The zero-order valence-electron chi connectivity index (χ0n) is 19.2. The number of carbonyl (C=O) groups excluding carboxylic acids is 2. The second-order valence-electron chi connectivity index (χ2n) is 7.67. The zero-order chi connectivity index (χ0) is 23.3. The molecule has 32 heavy (non-hydrogen) atoms. The van der Waals surface area contributed by atoms with E-state index in [9.17, 15) is 9.59 Å². The van der Waals surface area contributed by atoms with E-state index in [4.69, 9.17) is 10.00 Å². The molecule has 0 bridgehead atoms. The molecule has 0 aliphatic heterocycles. The molecule has 0 radical (unpaired) electrons. The summed E-state index contributed by atoms with van der Waals surface area (Å²) in [4.78, 5) is 29.5. The van der Waals surface area contributed by atoms with Crippen molar-refractivity contribution in [1.82, 2.24) is 14.4 Å². The molecular weight excluding hydrogens is 406 g/mol. The van der Waals surface area contributed by atoms with Crippen molar-refractivity contribution in [3.63, 3.8) is 0 Å². The molecule has 8 heteroatoms. The molecule has 0 unspecified atom stereocenters. The van der Waals surface area contributed by atoms with Crippen LogP contribution in [-0.2, 0) is 23.1 Å². The first-order valence-electron chi connectivity index (χ1n) is 10.9. The highest BCUT2D eigenvalue weighted by Gasteiger charge is 2.22. The van der Waals surface area contributed by atoms with Crippen molar-refractivity contribution in [2.24, 2.45) is 7.05 Å². The van der Waals surface area contributed by atoms with Crippen LogP contribution in [0, 0.1) is 11.3 Å². The smallest absolute Gasteiger partial charge is 0.322 e. The third kappa shape index (κ3) is 7.75. The summed E-state index contributed by atoms with van der Waals surface area (Å²) in [5.74, 6) is -0.0907. The van der Waals surface area contributed by atoms with E-state index in [0.717, 1.165) is 18.5 Å². The molecule has 3 amide bonds. The van der Waals surface area contributed by atoms with E-state index in [1.807, 2.05) is 34.8 Å². The van der Waals surface area contributed by atoms with E-state index in [1.54, 1.807) is 31.4 Å². The van der Waals surface area contributed by atoms with Gasteiger partial charge in [-0.05, 0) is 49.2 Å². The molecule has 1 aromatic heterocycles. The Labute approximate surface area is 190 Å². The minimum Gasteiger partial charge on any atom is -0.385 e. The second-order valence-corrected chi connectivity index (χ2v) is 7.67. The van der Waals surface area contributed by atoms with Gasteiger partial charge in [-0.25, -0.2) is 4.79 Å². The first kappa shape index (κ1) is 25.0. The number of anilines is 1. The lowest BCUT2D eigenvalue weighted by molar-refractivity contribution is -0.132. The summed E-state index contributed by atoms with van der Waals surface area (Å²) in [7, 11) is 3.57. The van der Waals surface area contributed by atoms with Crippen molar-refractivity contribution < 1.29 is 14.3 Å². The van der Waals surface area contributed by atoms with Crippen molar-refractivity contribution in [1.29, 1.82) is 5.26 Å². The van der Waals surface area contributed by atoms with Gasteiger partial charge in [0, 0.05) is 51.4 Å². The van der Waals surface area contributed by atoms with E-state index >= 15 is 0 Å². The molecule has 0 aliphatic carbocycles. The van der Waals surface area contributed by atoms with Crippen LogP contribution < -0.4 is 5.32 Å². The van der Waals surface area contributed by atoms with E-state index in [0.29, 0.717) is 43.9 Å². The number of benzene rings is 1. The Morgan fingerprint density at radius 2 is 1.84 bits per heavy atom. The van der Waals surface area contributed by atoms with Crippen LogP contribution in [0.25, 0.3) is 0 Å². The Morgan fingerprint density at radius 1 is 1.12 bits per heavy atom.